The zero-order valence-electron chi connectivity index (χ0n) is 16.2. The number of benzene rings is 2. The average Bonchev–Trinajstić information content (AvgIpc) is 3.12. The maximum absolute atomic E-state index is 12.5. The maximum atomic E-state index is 12.5. The monoisotopic (exact) mass is 383 g/mol. The van der Waals surface area contributed by atoms with Crippen LogP contribution in [0.3, 0.4) is 0 Å². The summed E-state index contributed by atoms with van der Waals surface area (Å²) in [7, 11) is 0. The summed E-state index contributed by atoms with van der Waals surface area (Å²) in [5.41, 5.74) is 2.18. The second-order valence-corrected chi connectivity index (χ2v) is 6.94. The fraction of sp³-hybridized carbons (Fsp3) is 0.381. The predicted octanol–water partition coefficient (Wildman–Crippen LogP) is 4.08. The molecule has 7 heteroatoms. The van der Waals surface area contributed by atoms with Crippen LogP contribution in [0, 0.1) is 17.0 Å². The highest BCUT2D eigenvalue weighted by atomic mass is 16.6. The Hall–Kier alpha value is -2.93. The summed E-state index contributed by atoms with van der Waals surface area (Å²) in [5.74, 6) is 0.672. The molecule has 0 saturated carbocycles. The van der Waals surface area contributed by atoms with E-state index in [9.17, 15) is 14.9 Å². The topological polar surface area (TPSA) is 84.7 Å². The summed E-state index contributed by atoms with van der Waals surface area (Å²) in [6, 6.07) is 12.9. The number of rotatable bonds is 7. The number of hydrogen-bond acceptors (Lipinski definition) is 5. The summed E-state index contributed by atoms with van der Waals surface area (Å²) in [4.78, 5) is 25.3. The number of hydrogen-bond donors (Lipinski definition) is 1. The fourth-order valence-corrected chi connectivity index (χ4v) is 3.61. The molecule has 1 amide bonds. The molecule has 2 aromatic rings. The summed E-state index contributed by atoms with van der Waals surface area (Å²) in [6.07, 6.45) is 2.03. The highest BCUT2D eigenvalue weighted by molar-refractivity contribution is 5.92. The smallest absolute Gasteiger partial charge is 0.274 e. The SMILES string of the molecule is CCOc1ccc(C2CCCN2CC(=O)Nc2ccc(C)c([N+](=O)[O-])c2)cc1. The van der Waals surface area contributed by atoms with Crippen molar-refractivity contribution >= 4 is 17.3 Å². The van der Waals surface area contributed by atoms with E-state index in [1.54, 1.807) is 19.1 Å². The van der Waals surface area contributed by atoms with E-state index in [2.05, 4.69) is 22.3 Å². The lowest BCUT2D eigenvalue weighted by Crippen LogP contribution is -2.32. The molecule has 1 aliphatic heterocycles. The van der Waals surface area contributed by atoms with Crippen molar-refractivity contribution < 1.29 is 14.5 Å². The first kappa shape index (κ1) is 19.8. The molecule has 1 heterocycles. The molecular formula is C21H25N3O4. The van der Waals surface area contributed by atoms with Gasteiger partial charge in [0.15, 0.2) is 0 Å². The van der Waals surface area contributed by atoms with Crippen LogP contribution in [0.15, 0.2) is 42.5 Å². The van der Waals surface area contributed by atoms with Crippen molar-refractivity contribution in [3.8, 4) is 5.75 Å². The van der Waals surface area contributed by atoms with Crippen LogP contribution in [-0.4, -0.2) is 35.4 Å². The third-order valence-corrected chi connectivity index (χ3v) is 4.98. The van der Waals surface area contributed by atoms with Crippen LogP contribution < -0.4 is 10.1 Å². The van der Waals surface area contributed by atoms with Gasteiger partial charge in [-0.1, -0.05) is 18.2 Å². The maximum Gasteiger partial charge on any atom is 0.274 e. The summed E-state index contributed by atoms with van der Waals surface area (Å²) in [6.45, 7) is 5.36. The lowest BCUT2D eigenvalue weighted by molar-refractivity contribution is -0.385. The lowest BCUT2D eigenvalue weighted by Gasteiger charge is -2.24. The van der Waals surface area contributed by atoms with Crippen LogP contribution in [0.1, 0.15) is 36.9 Å². The van der Waals surface area contributed by atoms with Crippen molar-refractivity contribution in [1.29, 1.82) is 0 Å². The largest absolute Gasteiger partial charge is 0.494 e. The Balaban J connectivity index is 1.64. The van der Waals surface area contributed by atoms with E-state index in [1.807, 2.05) is 19.1 Å². The molecule has 1 unspecified atom stereocenters. The van der Waals surface area contributed by atoms with Crippen LogP contribution in [-0.2, 0) is 4.79 Å². The number of aryl methyl sites for hydroxylation is 1. The van der Waals surface area contributed by atoms with Gasteiger partial charge in [0.1, 0.15) is 5.75 Å². The van der Waals surface area contributed by atoms with Crippen molar-refractivity contribution in [2.45, 2.75) is 32.7 Å². The van der Waals surface area contributed by atoms with Gasteiger partial charge in [-0.25, -0.2) is 0 Å². The number of nitro groups is 1. The van der Waals surface area contributed by atoms with Crippen LogP contribution in [0.25, 0.3) is 0 Å². The minimum Gasteiger partial charge on any atom is -0.494 e. The molecule has 1 fully saturated rings. The number of anilines is 1. The Morgan fingerprint density at radius 2 is 2.04 bits per heavy atom. The average molecular weight is 383 g/mol. The summed E-state index contributed by atoms with van der Waals surface area (Å²) >= 11 is 0. The van der Waals surface area contributed by atoms with Gasteiger partial charge in [-0.3, -0.25) is 19.8 Å². The van der Waals surface area contributed by atoms with Crippen molar-refractivity contribution in [2.24, 2.45) is 0 Å². The quantitative estimate of drug-likeness (QED) is 0.575. The van der Waals surface area contributed by atoms with Crippen LogP contribution >= 0.6 is 0 Å². The Morgan fingerprint density at radius 3 is 2.71 bits per heavy atom. The van der Waals surface area contributed by atoms with E-state index in [4.69, 9.17) is 4.74 Å². The van der Waals surface area contributed by atoms with Gasteiger partial charge in [0.2, 0.25) is 5.91 Å². The number of carbonyl (C=O) groups excluding carboxylic acids is 1. The van der Waals surface area contributed by atoms with E-state index < -0.39 is 4.92 Å². The van der Waals surface area contributed by atoms with Gasteiger partial charge >= 0.3 is 0 Å². The second-order valence-electron chi connectivity index (χ2n) is 6.94. The molecule has 1 N–H and O–H groups in total. The van der Waals surface area contributed by atoms with E-state index in [0.29, 0.717) is 17.9 Å². The summed E-state index contributed by atoms with van der Waals surface area (Å²) < 4.78 is 5.49. The van der Waals surface area contributed by atoms with Crippen LogP contribution in [0.5, 0.6) is 5.75 Å². The second kappa shape index (κ2) is 8.84. The molecule has 0 radical (unpaired) electrons. The Bertz CT molecular complexity index is 851. The molecule has 3 rings (SSSR count). The van der Waals surface area contributed by atoms with Gasteiger partial charge in [0.25, 0.3) is 5.69 Å². The first-order chi connectivity index (χ1) is 13.5. The molecule has 0 spiro atoms. The predicted molar refractivity (Wildman–Crippen MR) is 108 cm³/mol. The Kier molecular flexibility index (Phi) is 6.26. The molecule has 7 nitrogen and oxygen atoms in total. The number of amides is 1. The molecule has 1 saturated heterocycles. The third kappa shape index (κ3) is 4.67. The number of nitro benzene ring substituents is 1. The van der Waals surface area contributed by atoms with Gasteiger partial charge in [-0.05, 0) is 57.0 Å². The zero-order valence-corrected chi connectivity index (χ0v) is 16.2. The molecule has 0 aromatic heterocycles. The molecule has 148 valence electrons. The van der Waals surface area contributed by atoms with E-state index in [0.717, 1.165) is 25.1 Å². The van der Waals surface area contributed by atoms with Crippen molar-refractivity contribution in [3.05, 3.63) is 63.7 Å². The highest BCUT2D eigenvalue weighted by Crippen LogP contribution is 2.32. The minimum atomic E-state index is -0.437. The molecule has 1 aliphatic rings. The number of carbonyl (C=O) groups is 1. The molecule has 0 bridgehead atoms. The van der Waals surface area contributed by atoms with E-state index >= 15 is 0 Å². The first-order valence-corrected chi connectivity index (χ1v) is 9.49. The van der Waals surface area contributed by atoms with E-state index in [-0.39, 0.29) is 24.2 Å². The van der Waals surface area contributed by atoms with Crippen molar-refractivity contribution in [1.82, 2.24) is 4.90 Å². The van der Waals surface area contributed by atoms with Crippen LogP contribution in [0.2, 0.25) is 0 Å². The first-order valence-electron chi connectivity index (χ1n) is 9.49. The number of ether oxygens (including phenoxy) is 1. The van der Waals surface area contributed by atoms with Gasteiger partial charge in [0, 0.05) is 23.4 Å². The number of nitrogens with zero attached hydrogens (tertiary/aromatic N) is 2. The van der Waals surface area contributed by atoms with Gasteiger partial charge in [-0.2, -0.15) is 0 Å². The van der Waals surface area contributed by atoms with Gasteiger partial charge < -0.3 is 10.1 Å². The standard InChI is InChI=1S/C21H25N3O4/c1-3-28-18-10-7-16(8-11-18)19-5-4-12-23(19)14-21(25)22-17-9-6-15(2)20(13-17)24(26)27/h6-11,13,19H,3-5,12,14H2,1-2H3,(H,22,25). The Morgan fingerprint density at radius 1 is 1.29 bits per heavy atom. The van der Waals surface area contributed by atoms with Crippen molar-refractivity contribution in [3.63, 3.8) is 0 Å². The molecule has 2 aromatic carbocycles. The highest BCUT2D eigenvalue weighted by Gasteiger charge is 2.27. The third-order valence-electron chi connectivity index (χ3n) is 4.98. The fourth-order valence-electron chi connectivity index (χ4n) is 3.61. The van der Waals surface area contributed by atoms with E-state index in [1.165, 1.54) is 11.6 Å². The number of likely N-dealkylation sites (tertiary alicyclic amines) is 1. The molecule has 28 heavy (non-hydrogen) atoms. The van der Waals surface area contributed by atoms with Gasteiger partial charge in [-0.15, -0.1) is 0 Å². The van der Waals surface area contributed by atoms with Crippen LogP contribution in [0.4, 0.5) is 11.4 Å². The Labute approximate surface area is 164 Å². The summed E-state index contributed by atoms with van der Waals surface area (Å²) in [5, 5.41) is 13.9. The number of nitrogens with one attached hydrogen (secondary N) is 1. The molecular weight excluding hydrogens is 358 g/mol. The van der Waals surface area contributed by atoms with Crippen molar-refractivity contribution in [2.75, 3.05) is 25.0 Å². The normalized spacial score (nSPS) is 16.7. The minimum absolute atomic E-state index is 0.00577. The molecule has 0 aliphatic carbocycles. The zero-order chi connectivity index (χ0) is 20.1. The molecule has 1 atom stereocenters. The van der Waals surface area contributed by atoms with Gasteiger partial charge in [0.05, 0.1) is 18.1 Å². The lowest BCUT2D eigenvalue weighted by atomic mass is 10.0.